The molecule has 1 N–H and O–H groups in total. The van der Waals surface area contributed by atoms with E-state index in [0.717, 1.165) is 17.0 Å². The second-order valence-electron chi connectivity index (χ2n) is 6.96. The zero-order valence-corrected chi connectivity index (χ0v) is 16.8. The molecule has 0 aromatic heterocycles. The van der Waals surface area contributed by atoms with E-state index < -0.39 is 0 Å². The van der Waals surface area contributed by atoms with Gasteiger partial charge in [0.25, 0.3) is 0 Å². The number of anilines is 2. The Kier molecular flexibility index (Phi) is 6.70. The first-order chi connectivity index (χ1) is 13.4. The van der Waals surface area contributed by atoms with Gasteiger partial charge in [-0.2, -0.15) is 0 Å². The number of thioether (sulfide) groups is 1. The Hall–Kier alpha value is -2.38. The van der Waals surface area contributed by atoms with E-state index in [-0.39, 0.29) is 30.7 Å². The Balaban J connectivity index is 1.59. The molecule has 1 aliphatic heterocycles. The number of hydrogen-bond donors (Lipinski definition) is 1. The van der Waals surface area contributed by atoms with Gasteiger partial charge in [-0.05, 0) is 49.9 Å². The molecule has 0 unspecified atom stereocenters. The normalized spacial score (nSPS) is 16.4. The molecule has 7 heteroatoms. The highest BCUT2D eigenvalue weighted by Gasteiger charge is 2.25. The van der Waals surface area contributed by atoms with Crippen LogP contribution in [0.5, 0.6) is 0 Å². The summed E-state index contributed by atoms with van der Waals surface area (Å²) in [7, 11) is 1.74. The third-order valence-corrected chi connectivity index (χ3v) is 5.73. The maximum absolute atomic E-state index is 12.9. The topological polar surface area (TPSA) is 52.7 Å². The van der Waals surface area contributed by atoms with Crippen LogP contribution in [-0.4, -0.2) is 48.6 Å². The van der Waals surface area contributed by atoms with Crippen molar-refractivity contribution >= 4 is 35.0 Å². The van der Waals surface area contributed by atoms with Crippen molar-refractivity contribution in [2.24, 2.45) is 0 Å². The molecular formula is C21H24FN3O2S. The van der Waals surface area contributed by atoms with Crippen molar-refractivity contribution in [2.75, 3.05) is 36.9 Å². The Morgan fingerprint density at radius 3 is 2.64 bits per heavy atom. The van der Waals surface area contributed by atoms with E-state index >= 15 is 0 Å². The number of amides is 2. The van der Waals surface area contributed by atoms with Gasteiger partial charge in [-0.3, -0.25) is 14.5 Å². The fourth-order valence-corrected chi connectivity index (χ4v) is 4.21. The predicted octanol–water partition coefficient (Wildman–Crippen LogP) is 3.61. The maximum atomic E-state index is 12.9. The van der Waals surface area contributed by atoms with Crippen molar-refractivity contribution in [3.63, 3.8) is 0 Å². The highest BCUT2D eigenvalue weighted by molar-refractivity contribution is 8.00. The number of carbonyl (C=O) groups excluding carboxylic acids is 2. The number of rotatable bonds is 5. The fourth-order valence-electron chi connectivity index (χ4n) is 3.10. The van der Waals surface area contributed by atoms with Gasteiger partial charge in [0.15, 0.2) is 0 Å². The minimum Gasteiger partial charge on any atom is -0.325 e. The summed E-state index contributed by atoms with van der Waals surface area (Å²) in [6.07, 6.45) is 0.917. The number of para-hydroxylation sites is 1. The van der Waals surface area contributed by atoms with E-state index in [2.05, 4.69) is 12.2 Å². The first-order valence-electron chi connectivity index (χ1n) is 9.22. The monoisotopic (exact) mass is 401 g/mol. The van der Waals surface area contributed by atoms with Crippen molar-refractivity contribution < 1.29 is 14.0 Å². The summed E-state index contributed by atoms with van der Waals surface area (Å²) in [5.41, 5.74) is 1.46. The lowest BCUT2D eigenvalue weighted by Gasteiger charge is -2.25. The number of nitrogens with one attached hydrogen (secondary N) is 1. The molecule has 2 aromatic rings. The zero-order chi connectivity index (χ0) is 20.1. The van der Waals surface area contributed by atoms with Gasteiger partial charge in [-0.15, -0.1) is 11.8 Å². The quantitative estimate of drug-likeness (QED) is 0.832. The highest BCUT2D eigenvalue weighted by Crippen LogP contribution is 2.37. The molecule has 1 heterocycles. The molecule has 0 saturated carbocycles. The highest BCUT2D eigenvalue weighted by atomic mass is 32.2. The molecular weight excluding hydrogens is 377 g/mol. The maximum Gasteiger partial charge on any atom is 0.241 e. The van der Waals surface area contributed by atoms with Crippen LogP contribution in [0.15, 0.2) is 53.4 Å². The molecule has 0 radical (unpaired) electrons. The Morgan fingerprint density at radius 2 is 1.89 bits per heavy atom. The summed E-state index contributed by atoms with van der Waals surface area (Å²) in [6.45, 7) is 3.05. The fraction of sp³-hybridized carbons (Fsp3) is 0.333. The van der Waals surface area contributed by atoms with E-state index in [1.807, 2.05) is 29.2 Å². The third kappa shape index (κ3) is 5.33. The number of carbonyl (C=O) groups is 2. The second kappa shape index (κ2) is 9.21. The average Bonchev–Trinajstić information content (AvgIpc) is 2.81. The van der Waals surface area contributed by atoms with Gasteiger partial charge < -0.3 is 10.2 Å². The van der Waals surface area contributed by atoms with Gasteiger partial charge in [-0.25, -0.2) is 4.39 Å². The number of benzene rings is 2. The summed E-state index contributed by atoms with van der Waals surface area (Å²) < 4.78 is 12.9. The van der Waals surface area contributed by atoms with Crippen LogP contribution in [0.4, 0.5) is 15.8 Å². The van der Waals surface area contributed by atoms with Crippen LogP contribution < -0.4 is 10.2 Å². The minimum atomic E-state index is -0.356. The number of likely N-dealkylation sites (N-methyl/N-ethyl adjacent to an activating group) is 1. The van der Waals surface area contributed by atoms with Crippen LogP contribution in [0.25, 0.3) is 0 Å². The number of hydrogen-bond acceptors (Lipinski definition) is 4. The van der Waals surface area contributed by atoms with Crippen molar-refractivity contribution in [3.05, 3.63) is 54.3 Å². The molecule has 28 heavy (non-hydrogen) atoms. The van der Waals surface area contributed by atoms with Gasteiger partial charge >= 0.3 is 0 Å². The van der Waals surface area contributed by atoms with Gasteiger partial charge in [-0.1, -0.05) is 19.1 Å². The Bertz CT molecular complexity index is 844. The minimum absolute atomic E-state index is 0.0285. The summed E-state index contributed by atoms with van der Waals surface area (Å²) in [4.78, 5) is 29.7. The van der Waals surface area contributed by atoms with Crippen molar-refractivity contribution in [1.29, 1.82) is 0 Å². The van der Waals surface area contributed by atoms with Crippen LogP contribution in [-0.2, 0) is 9.59 Å². The summed E-state index contributed by atoms with van der Waals surface area (Å²) in [5, 5.41) is 3.15. The van der Waals surface area contributed by atoms with Gasteiger partial charge in [0, 0.05) is 22.4 Å². The molecule has 148 valence electrons. The lowest BCUT2D eigenvalue weighted by Crippen LogP contribution is -2.42. The smallest absolute Gasteiger partial charge is 0.241 e. The van der Waals surface area contributed by atoms with E-state index in [0.29, 0.717) is 17.5 Å². The van der Waals surface area contributed by atoms with E-state index in [4.69, 9.17) is 0 Å². The van der Waals surface area contributed by atoms with E-state index in [1.165, 1.54) is 24.3 Å². The predicted molar refractivity (Wildman–Crippen MR) is 111 cm³/mol. The summed E-state index contributed by atoms with van der Waals surface area (Å²) in [6, 6.07) is 13.5. The summed E-state index contributed by atoms with van der Waals surface area (Å²) >= 11 is 1.79. The average molecular weight is 402 g/mol. The second-order valence-corrected chi connectivity index (χ2v) is 8.44. The first-order valence-corrected chi connectivity index (χ1v) is 10.1. The van der Waals surface area contributed by atoms with Crippen LogP contribution >= 0.6 is 11.8 Å². The van der Waals surface area contributed by atoms with E-state index in [1.54, 1.807) is 23.7 Å². The molecule has 2 aromatic carbocycles. The van der Waals surface area contributed by atoms with Gasteiger partial charge in [0.2, 0.25) is 11.8 Å². The molecule has 1 aliphatic rings. The zero-order valence-electron chi connectivity index (χ0n) is 16.0. The van der Waals surface area contributed by atoms with Gasteiger partial charge in [0.1, 0.15) is 5.82 Å². The lowest BCUT2D eigenvalue weighted by molar-refractivity contribution is -0.121. The SMILES string of the molecule is C[C@@H]1CCN(C(=O)CN(C)CC(=O)Nc2ccc(F)cc2)c2ccccc2S1. The number of fused-ring (bicyclic) bond motifs is 1. The van der Waals surface area contributed by atoms with Crippen LogP contribution in [0.1, 0.15) is 13.3 Å². The van der Waals surface area contributed by atoms with Crippen LogP contribution in [0.2, 0.25) is 0 Å². The molecule has 2 amide bonds. The molecule has 0 fully saturated rings. The van der Waals surface area contributed by atoms with Crippen LogP contribution in [0, 0.1) is 5.82 Å². The van der Waals surface area contributed by atoms with Crippen molar-refractivity contribution in [1.82, 2.24) is 4.90 Å². The molecule has 0 spiro atoms. The molecule has 0 bridgehead atoms. The summed E-state index contributed by atoms with van der Waals surface area (Å²) in [5.74, 6) is -0.632. The molecule has 1 atom stereocenters. The Morgan fingerprint density at radius 1 is 1.18 bits per heavy atom. The number of halogens is 1. The standard InChI is InChI=1S/C21H24FN3O2S/c1-15-11-12-25(18-5-3-4-6-19(18)28-15)21(27)14-24(2)13-20(26)23-17-9-7-16(22)8-10-17/h3-10,15H,11-14H2,1-2H3,(H,23,26)/t15-/m1/s1. The van der Waals surface area contributed by atoms with E-state index in [9.17, 15) is 14.0 Å². The largest absolute Gasteiger partial charge is 0.325 e. The number of nitrogens with zero attached hydrogens (tertiary/aromatic N) is 2. The molecule has 0 saturated heterocycles. The van der Waals surface area contributed by atoms with Gasteiger partial charge in [0.05, 0.1) is 18.8 Å². The Labute approximate surface area is 168 Å². The molecule has 3 rings (SSSR count). The van der Waals surface area contributed by atoms with Crippen LogP contribution in [0.3, 0.4) is 0 Å². The molecule has 0 aliphatic carbocycles. The van der Waals surface area contributed by atoms with Crippen molar-refractivity contribution in [2.45, 2.75) is 23.5 Å². The first kappa shape index (κ1) is 20.4. The van der Waals surface area contributed by atoms with Crippen molar-refractivity contribution in [3.8, 4) is 0 Å². The lowest BCUT2D eigenvalue weighted by atomic mass is 10.2. The third-order valence-electron chi connectivity index (χ3n) is 4.49. The molecule has 5 nitrogen and oxygen atoms in total.